The van der Waals surface area contributed by atoms with E-state index in [1.165, 1.54) is 0 Å². The highest BCUT2D eigenvalue weighted by molar-refractivity contribution is 6.01. The zero-order chi connectivity index (χ0) is 15.9. The van der Waals surface area contributed by atoms with E-state index in [2.05, 4.69) is 5.10 Å². The number of benzene rings is 1. The maximum absolute atomic E-state index is 12.5. The second-order valence-electron chi connectivity index (χ2n) is 5.05. The third-order valence-electron chi connectivity index (χ3n) is 3.71. The molecule has 0 aliphatic heterocycles. The molecule has 0 radical (unpaired) electrons. The molecule has 0 saturated heterocycles. The Bertz CT molecular complexity index is 840. The molecular weight excluding hydrogens is 288 g/mol. The summed E-state index contributed by atoms with van der Waals surface area (Å²) in [4.78, 5) is 35.1. The summed E-state index contributed by atoms with van der Waals surface area (Å²) in [6.07, 6.45) is 2.05. The van der Waals surface area contributed by atoms with Gasteiger partial charge in [-0.3, -0.25) is 14.3 Å². The monoisotopic (exact) mass is 300 g/mol. The van der Waals surface area contributed by atoms with Gasteiger partial charge < -0.3 is 10.2 Å². The van der Waals surface area contributed by atoms with Crippen molar-refractivity contribution in [1.82, 2.24) is 9.78 Å². The quantitative estimate of drug-likeness (QED) is 0.856. The molecule has 22 heavy (non-hydrogen) atoms. The molecule has 0 spiro atoms. The average molecular weight is 300 g/mol. The summed E-state index contributed by atoms with van der Waals surface area (Å²) in [5.74, 6) is -2.49. The first-order valence-corrected chi connectivity index (χ1v) is 6.67. The summed E-state index contributed by atoms with van der Waals surface area (Å²) in [5.41, 5.74) is -0.387. The Morgan fingerprint density at radius 1 is 1.27 bits per heavy atom. The van der Waals surface area contributed by atoms with Gasteiger partial charge in [0.25, 0.3) is 5.43 Å². The minimum Gasteiger partial charge on any atom is -0.503 e. The first-order valence-electron chi connectivity index (χ1n) is 6.67. The number of fused-ring (bicyclic) bond motifs is 1. The van der Waals surface area contributed by atoms with Gasteiger partial charge >= 0.3 is 5.97 Å². The molecule has 1 atom stereocenters. The Balaban J connectivity index is 2.08. The van der Waals surface area contributed by atoms with E-state index in [0.29, 0.717) is 18.4 Å². The molecule has 1 aliphatic carbocycles. The van der Waals surface area contributed by atoms with Gasteiger partial charge in [-0.2, -0.15) is 5.10 Å². The highest BCUT2D eigenvalue weighted by atomic mass is 16.4. The average Bonchev–Trinajstić information content (AvgIpc) is 2.50. The second-order valence-corrected chi connectivity index (χ2v) is 5.05. The van der Waals surface area contributed by atoms with E-state index < -0.39 is 28.9 Å². The molecule has 0 saturated carbocycles. The van der Waals surface area contributed by atoms with Crippen molar-refractivity contribution in [1.29, 1.82) is 0 Å². The van der Waals surface area contributed by atoms with Gasteiger partial charge in [0.1, 0.15) is 6.04 Å². The number of rotatable bonds is 2. The summed E-state index contributed by atoms with van der Waals surface area (Å²) >= 11 is 0. The van der Waals surface area contributed by atoms with Crippen LogP contribution in [0.15, 0.2) is 35.3 Å². The summed E-state index contributed by atoms with van der Waals surface area (Å²) < 4.78 is 1.07. The highest BCUT2D eigenvalue weighted by Gasteiger charge is 2.30. The number of aromatic hydroxyl groups is 1. The van der Waals surface area contributed by atoms with Gasteiger partial charge in [-0.1, -0.05) is 24.3 Å². The lowest BCUT2D eigenvalue weighted by atomic mass is 9.87. The molecular formula is C15H12N2O5. The fourth-order valence-electron chi connectivity index (χ4n) is 2.63. The molecule has 2 N–H and O–H groups in total. The lowest BCUT2D eigenvalue weighted by molar-refractivity contribution is 0.0681. The van der Waals surface area contributed by atoms with Gasteiger partial charge in [0.2, 0.25) is 5.69 Å². The third kappa shape index (κ3) is 2.16. The van der Waals surface area contributed by atoms with Crippen molar-refractivity contribution in [3.8, 4) is 5.75 Å². The maximum Gasteiger partial charge on any atom is 0.360 e. The van der Waals surface area contributed by atoms with Gasteiger partial charge in [-0.25, -0.2) is 4.79 Å². The summed E-state index contributed by atoms with van der Waals surface area (Å²) in [6.45, 7) is 0. The van der Waals surface area contributed by atoms with Crippen LogP contribution >= 0.6 is 0 Å². The van der Waals surface area contributed by atoms with Crippen LogP contribution in [-0.2, 0) is 6.42 Å². The van der Waals surface area contributed by atoms with Gasteiger partial charge in [-0.05, 0) is 18.4 Å². The van der Waals surface area contributed by atoms with Crippen molar-refractivity contribution >= 4 is 11.8 Å². The number of carboxylic acids is 1. The topological polar surface area (TPSA) is 109 Å². The van der Waals surface area contributed by atoms with Crippen molar-refractivity contribution in [2.24, 2.45) is 0 Å². The number of ketones is 1. The number of carbonyl (C=O) groups is 2. The molecule has 7 heteroatoms. The molecule has 0 fully saturated rings. The van der Waals surface area contributed by atoms with Crippen LogP contribution in [0.4, 0.5) is 0 Å². The minimum atomic E-state index is -1.54. The molecule has 2 aromatic rings. The van der Waals surface area contributed by atoms with Crippen molar-refractivity contribution < 1.29 is 19.8 Å². The number of Topliss-reactive ketones (excluding diaryl/α,β-unsaturated/α-hetero) is 1. The minimum absolute atomic E-state index is 0.214. The van der Waals surface area contributed by atoms with Crippen LogP contribution < -0.4 is 5.43 Å². The Labute approximate surface area is 124 Å². The Hall–Kier alpha value is -2.96. The summed E-state index contributed by atoms with van der Waals surface area (Å²) in [6, 6.07) is 6.42. The Morgan fingerprint density at radius 3 is 2.73 bits per heavy atom. The van der Waals surface area contributed by atoms with Crippen LogP contribution in [0.2, 0.25) is 0 Å². The van der Waals surface area contributed by atoms with Crippen molar-refractivity contribution in [2.45, 2.75) is 18.9 Å². The van der Waals surface area contributed by atoms with Crippen molar-refractivity contribution in [2.75, 3.05) is 0 Å². The van der Waals surface area contributed by atoms with Crippen LogP contribution in [0.3, 0.4) is 0 Å². The van der Waals surface area contributed by atoms with E-state index in [1.807, 2.05) is 12.1 Å². The van der Waals surface area contributed by atoms with E-state index >= 15 is 0 Å². The van der Waals surface area contributed by atoms with E-state index in [0.717, 1.165) is 16.4 Å². The zero-order valence-corrected chi connectivity index (χ0v) is 11.4. The molecule has 1 aromatic carbocycles. The molecule has 1 heterocycles. The molecule has 1 unspecified atom stereocenters. The van der Waals surface area contributed by atoms with Gasteiger partial charge in [0.15, 0.2) is 11.5 Å². The van der Waals surface area contributed by atoms with E-state index in [9.17, 15) is 19.5 Å². The number of carbonyl (C=O) groups excluding carboxylic acids is 1. The van der Waals surface area contributed by atoms with Crippen LogP contribution in [0.5, 0.6) is 5.75 Å². The molecule has 0 bridgehead atoms. The number of carboxylic acid groups (broad SMARTS) is 1. The standard InChI is InChI=1S/C15H12N2O5/c18-11-7-17(16-12(14(11)20)15(21)22)10-6-5-8-3-1-2-4-9(8)13(10)19/h1-4,7,10,18H,5-6H2,(H,21,22). The predicted molar refractivity (Wildman–Crippen MR) is 75.3 cm³/mol. The molecule has 7 nitrogen and oxygen atoms in total. The van der Waals surface area contributed by atoms with E-state index in [-0.39, 0.29) is 5.78 Å². The van der Waals surface area contributed by atoms with Gasteiger partial charge in [-0.15, -0.1) is 0 Å². The van der Waals surface area contributed by atoms with Gasteiger partial charge in [0.05, 0.1) is 6.20 Å². The summed E-state index contributed by atoms with van der Waals surface area (Å²) in [5, 5.41) is 22.3. The second kappa shape index (κ2) is 5.10. The van der Waals surface area contributed by atoms with Crippen LogP contribution in [0, 0.1) is 0 Å². The lowest BCUT2D eigenvalue weighted by Crippen LogP contribution is -2.30. The van der Waals surface area contributed by atoms with Crippen LogP contribution in [0.25, 0.3) is 0 Å². The molecule has 1 aliphatic rings. The smallest absolute Gasteiger partial charge is 0.360 e. The molecule has 3 rings (SSSR count). The molecule has 1 aromatic heterocycles. The Morgan fingerprint density at radius 2 is 2.00 bits per heavy atom. The maximum atomic E-state index is 12.5. The van der Waals surface area contributed by atoms with Crippen LogP contribution in [0.1, 0.15) is 38.9 Å². The SMILES string of the molecule is O=C(O)c1nn(C2CCc3ccccc3C2=O)cc(O)c1=O. The number of hydrogen-bond donors (Lipinski definition) is 2. The van der Waals surface area contributed by atoms with E-state index in [4.69, 9.17) is 5.11 Å². The van der Waals surface area contributed by atoms with E-state index in [1.54, 1.807) is 12.1 Å². The largest absolute Gasteiger partial charge is 0.503 e. The number of aromatic nitrogens is 2. The van der Waals surface area contributed by atoms with Crippen LogP contribution in [-0.4, -0.2) is 31.7 Å². The summed E-state index contributed by atoms with van der Waals surface area (Å²) in [7, 11) is 0. The fourth-order valence-corrected chi connectivity index (χ4v) is 2.63. The van der Waals surface area contributed by atoms with Crippen molar-refractivity contribution in [3.63, 3.8) is 0 Å². The highest BCUT2D eigenvalue weighted by Crippen LogP contribution is 2.28. The fraction of sp³-hybridized carbons (Fsp3) is 0.200. The van der Waals surface area contributed by atoms with Gasteiger partial charge in [0, 0.05) is 5.56 Å². The third-order valence-corrected chi connectivity index (χ3v) is 3.71. The zero-order valence-electron chi connectivity index (χ0n) is 11.4. The normalized spacial score (nSPS) is 17.1. The number of hydrogen-bond acceptors (Lipinski definition) is 5. The number of aryl methyl sites for hydroxylation is 1. The molecule has 0 amide bonds. The molecule has 112 valence electrons. The predicted octanol–water partition coefficient (Wildman–Crippen LogP) is 1.02. The van der Waals surface area contributed by atoms with Crippen molar-refractivity contribution in [3.05, 3.63) is 57.5 Å². The lowest BCUT2D eigenvalue weighted by Gasteiger charge is -2.24. The Kier molecular flexibility index (Phi) is 3.25. The number of nitrogens with zero attached hydrogens (tertiary/aromatic N) is 2. The first-order chi connectivity index (χ1) is 10.5. The number of aromatic carboxylic acids is 1. The first kappa shape index (κ1) is 14.0.